The molecule has 5 heteroatoms. The van der Waals surface area contributed by atoms with E-state index in [0.29, 0.717) is 12.1 Å². The predicted molar refractivity (Wildman–Crippen MR) is 79.0 cm³/mol. The van der Waals surface area contributed by atoms with E-state index >= 15 is 0 Å². The zero-order valence-corrected chi connectivity index (χ0v) is 11.2. The van der Waals surface area contributed by atoms with Crippen molar-refractivity contribution in [3.63, 3.8) is 0 Å². The minimum absolute atomic E-state index is 0.318. The van der Waals surface area contributed by atoms with E-state index < -0.39 is 5.82 Å². The Morgan fingerprint density at radius 3 is 2.76 bits per heavy atom. The molecule has 3 aromatic rings. The van der Waals surface area contributed by atoms with Crippen LogP contribution in [0.5, 0.6) is 5.75 Å². The van der Waals surface area contributed by atoms with E-state index in [1.54, 1.807) is 23.0 Å². The van der Waals surface area contributed by atoms with Crippen LogP contribution in [0.4, 0.5) is 10.1 Å². The summed E-state index contributed by atoms with van der Waals surface area (Å²) in [6, 6.07) is 14.0. The third kappa shape index (κ3) is 2.72. The molecule has 0 saturated carbocycles. The average molecular weight is 283 g/mol. The molecular weight excluding hydrogens is 269 g/mol. The Morgan fingerprint density at radius 1 is 1.10 bits per heavy atom. The lowest BCUT2D eigenvalue weighted by Gasteiger charge is -2.13. The number of anilines is 1. The van der Waals surface area contributed by atoms with Gasteiger partial charge in [-0.05, 0) is 24.3 Å². The summed E-state index contributed by atoms with van der Waals surface area (Å²) < 4.78 is 15.1. The van der Waals surface area contributed by atoms with Crippen molar-refractivity contribution in [1.29, 1.82) is 0 Å². The molecule has 0 aliphatic rings. The van der Waals surface area contributed by atoms with Gasteiger partial charge in [0, 0.05) is 24.5 Å². The van der Waals surface area contributed by atoms with Crippen molar-refractivity contribution in [3.05, 3.63) is 72.3 Å². The number of aromatic nitrogens is 2. The molecule has 3 rings (SSSR count). The fourth-order valence-corrected chi connectivity index (χ4v) is 2.13. The normalized spacial score (nSPS) is 10.5. The summed E-state index contributed by atoms with van der Waals surface area (Å²) in [5, 5.41) is 17.1. The number of para-hydroxylation sites is 3. The lowest BCUT2D eigenvalue weighted by atomic mass is 10.2. The third-order valence-corrected chi connectivity index (χ3v) is 3.19. The van der Waals surface area contributed by atoms with Crippen LogP contribution in [0.3, 0.4) is 0 Å². The van der Waals surface area contributed by atoms with Gasteiger partial charge in [0.05, 0.1) is 11.4 Å². The highest BCUT2D eigenvalue weighted by Gasteiger charge is 2.08. The van der Waals surface area contributed by atoms with Crippen LogP contribution >= 0.6 is 0 Å². The smallest absolute Gasteiger partial charge is 0.165 e. The Labute approximate surface area is 121 Å². The molecule has 1 heterocycles. The first-order chi connectivity index (χ1) is 10.3. The lowest BCUT2D eigenvalue weighted by molar-refractivity contribution is 0.427. The summed E-state index contributed by atoms with van der Waals surface area (Å²) >= 11 is 0. The fraction of sp³-hybridized carbons (Fsp3) is 0.0625. The number of nitrogens with one attached hydrogen (secondary N) is 1. The zero-order chi connectivity index (χ0) is 14.7. The topological polar surface area (TPSA) is 50.1 Å². The molecule has 2 aromatic carbocycles. The number of hydrogen-bond donors (Lipinski definition) is 2. The largest absolute Gasteiger partial charge is 0.505 e. The van der Waals surface area contributed by atoms with Gasteiger partial charge in [-0.2, -0.15) is 5.10 Å². The first kappa shape index (κ1) is 13.2. The van der Waals surface area contributed by atoms with Crippen molar-refractivity contribution in [2.75, 3.05) is 5.32 Å². The monoisotopic (exact) mass is 283 g/mol. The third-order valence-electron chi connectivity index (χ3n) is 3.19. The van der Waals surface area contributed by atoms with Crippen LogP contribution in [-0.4, -0.2) is 14.9 Å². The molecule has 0 aliphatic heterocycles. The fourth-order valence-electron chi connectivity index (χ4n) is 2.13. The molecule has 0 radical (unpaired) electrons. The number of aromatic hydroxyl groups is 1. The van der Waals surface area contributed by atoms with Crippen LogP contribution in [0.1, 0.15) is 5.56 Å². The Bertz CT molecular complexity index is 741. The number of benzene rings is 2. The van der Waals surface area contributed by atoms with Gasteiger partial charge in [0.25, 0.3) is 0 Å². The Balaban J connectivity index is 1.85. The number of phenolic OH excluding ortho intramolecular Hbond substituents is 1. The van der Waals surface area contributed by atoms with E-state index in [1.807, 2.05) is 36.5 Å². The molecule has 0 saturated heterocycles. The molecule has 0 amide bonds. The highest BCUT2D eigenvalue weighted by atomic mass is 19.1. The highest BCUT2D eigenvalue weighted by molar-refractivity contribution is 5.61. The average Bonchev–Trinajstić information content (AvgIpc) is 3.03. The Hall–Kier alpha value is -2.82. The molecule has 4 nitrogen and oxygen atoms in total. The second kappa shape index (κ2) is 5.66. The molecule has 0 fully saturated rings. The van der Waals surface area contributed by atoms with Crippen molar-refractivity contribution in [2.24, 2.45) is 0 Å². The summed E-state index contributed by atoms with van der Waals surface area (Å²) in [4.78, 5) is 0. The van der Waals surface area contributed by atoms with E-state index in [1.165, 1.54) is 6.07 Å². The summed E-state index contributed by atoms with van der Waals surface area (Å²) in [6.07, 6.45) is 3.55. The minimum atomic E-state index is -0.616. The molecule has 0 bridgehead atoms. The van der Waals surface area contributed by atoms with Crippen molar-refractivity contribution in [3.8, 4) is 11.4 Å². The van der Waals surface area contributed by atoms with E-state index in [-0.39, 0.29) is 5.75 Å². The van der Waals surface area contributed by atoms with E-state index in [4.69, 9.17) is 0 Å². The number of hydrogen-bond acceptors (Lipinski definition) is 3. The summed E-state index contributed by atoms with van der Waals surface area (Å²) in [5.74, 6) is -0.934. The van der Waals surface area contributed by atoms with Gasteiger partial charge in [0.2, 0.25) is 0 Å². The van der Waals surface area contributed by atoms with Crippen LogP contribution in [0.2, 0.25) is 0 Å². The Morgan fingerprint density at radius 2 is 1.95 bits per heavy atom. The van der Waals surface area contributed by atoms with Gasteiger partial charge < -0.3 is 10.4 Å². The summed E-state index contributed by atoms with van der Waals surface area (Å²) in [5.41, 5.74) is 2.24. The summed E-state index contributed by atoms with van der Waals surface area (Å²) in [6.45, 7) is 0.321. The van der Waals surface area contributed by atoms with Gasteiger partial charge in [-0.1, -0.05) is 24.3 Å². The van der Waals surface area contributed by atoms with Gasteiger partial charge in [0.15, 0.2) is 11.6 Å². The van der Waals surface area contributed by atoms with Crippen molar-refractivity contribution in [1.82, 2.24) is 9.78 Å². The number of rotatable bonds is 4. The van der Waals surface area contributed by atoms with Crippen LogP contribution in [-0.2, 0) is 6.54 Å². The minimum Gasteiger partial charge on any atom is -0.505 e. The molecule has 21 heavy (non-hydrogen) atoms. The second-order valence-electron chi connectivity index (χ2n) is 4.57. The number of halogens is 1. The standard InChI is InChI=1S/C16H14FN3O/c17-13-6-3-5-12(16(13)21)11-18-14-7-1-2-8-15(14)20-10-4-9-19-20/h1-10,18,21H,11H2. The van der Waals surface area contributed by atoms with Gasteiger partial charge in [-0.25, -0.2) is 9.07 Å². The molecule has 1 aromatic heterocycles. The second-order valence-corrected chi connectivity index (χ2v) is 4.57. The quantitative estimate of drug-likeness (QED) is 0.772. The predicted octanol–water partition coefficient (Wildman–Crippen LogP) is 3.33. The van der Waals surface area contributed by atoms with Crippen LogP contribution in [0, 0.1) is 5.82 Å². The van der Waals surface area contributed by atoms with Gasteiger partial charge in [-0.15, -0.1) is 0 Å². The number of nitrogens with zero attached hydrogens (tertiary/aromatic N) is 2. The van der Waals surface area contributed by atoms with Crippen LogP contribution in [0.25, 0.3) is 5.69 Å². The Kier molecular flexibility index (Phi) is 3.55. The molecular formula is C16H14FN3O. The molecule has 106 valence electrons. The maximum Gasteiger partial charge on any atom is 0.165 e. The van der Waals surface area contributed by atoms with Gasteiger partial charge >= 0.3 is 0 Å². The van der Waals surface area contributed by atoms with E-state index in [9.17, 15) is 9.50 Å². The molecule has 0 aliphatic carbocycles. The molecule has 2 N–H and O–H groups in total. The van der Waals surface area contributed by atoms with Crippen molar-refractivity contribution >= 4 is 5.69 Å². The maximum atomic E-state index is 13.3. The van der Waals surface area contributed by atoms with Crippen LogP contribution in [0.15, 0.2) is 60.9 Å². The van der Waals surface area contributed by atoms with Crippen LogP contribution < -0.4 is 5.32 Å². The van der Waals surface area contributed by atoms with E-state index in [2.05, 4.69) is 10.4 Å². The first-order valence-electron chi connectivity index (χ1n) is 6.55. The maximum absolute atomic E-state index is 13.3. The first-order valence-corrected chi connectivity index (χ1v) is 6.55. The van der Waals surface area contributed by atoms with Crippen molar-refractivity contribution < 1.29 is 9.50 Å². The zero-order valence-electron chi connectivity index (χ0n) is 11.2. The van der Waals surface area contributed by atoms with Crippen molar-refractivity contribution in [2.45, 2.75) is 6.54 Å². The SMILES string of the molecule is Oc1c(F)cccc1CNc1ccccc1-n1cccn1. The number of phenols is 1. The molecule has 0 unspecified atom stereocenters. The summed E-state index contributed by atoms with van der Waals surface area (Å²) in [7, 11) is 0. The highest BCUT2D eigenvalue weighted by Crippen LogP contribution is 2.24. The van der Waals surface area contributed by atoms with Gasteiger partial charge in [0.1, 0.15) is 0 Å². The molecule has 0 atom stereocenters. The lowest BCUT2D eigenvalue weighted by Crippen LogP contribution is -2.05. The molecule has 0 spiro atoms. The van der Waals surface area contributed by atoms with Gasteiger partial charge in [-0.3, -0.25) is 0 Å². The van der Waals surface area contributed by atoms with E-state index in [0.717, 1.165) is 11.4 Å².